The van der Waals surface area contributed by atoms with Crippen molar-refractivity contribution in [3.63, 3.8) is 0 Å². The number of para-hydroxylation sites is 1. The summed E-state index contributed by atoms with van der Waals surface area (Å²) in [5.41, 5.74) is 4.92. The zero-order chi connectivity index (χ0) is 19.5. The van der Waals surface area contributed by atoms with Crippen LogP contribution < -0.4 is 0 Å². The van der Waals surface area contributed by atoms with Gasteiger partial charge in [-0.15, -0.1) is 0 Å². The van der Waals surface area contributed by atoms with Gasteiger partial charge in [0.25, 0.3) is 0 Å². The minimum absolute atomic E-state index is 0.295. The van der Waals surface area contributed by atoms with E-state index in [9.17, 15) is 9.65 Å². The Morgan fingerprint density at radius 1 is 0.759 bits per heavy atom. The fraction of sp³-hybridized carbons (Fsp3) is 0. The summed E-state index contributed by atoms with van der Waals surface area (Å²) in [6, 6.07) is 26.5. The van der Waals surface area contributed by atoms with Gasteiger partial charge in [-0.05, 0) is 54.6 Å². The first-order chi connectivity index (χ1) is 14.2. The molecule has 0 fully saturated rings. The Morgan fingerprint density at radius 2 is 1.62 bits per heavy atom. The van der Waals surface area contributed by atoms with Gasteiger partial charge in [0.05, 0.1) is 33.7 Å². The summed E-state index contributed by atoms with van der Waals surface area (Å²) in [4.78, 5) is 0. The van der Waals surface area contributed by atoms with E-state index in [1.54, 1.807) is 6.07 Å². The largest absolute Gasteiger partial charge is 0.456 e. The highest BCUT2D eigenvalue weighted by Crippen LogP contribution is 2.38. The molecular formula is C25H13FN2O. The number of rotatable bonds is 1. The molecule has 29 heavy (non-hydrogen) atoms. The molecule has 0 unspecified atom stereocenters. The molecule has 3 nitrogen and oxygen atoms in total. The SMILES string of the molecule is N#Cc1ccc2c(c1)c1ccccc1n2-c1cccc2oc3ccc(F)cc3c12. The number of nitriles is 1. The van der Waals surface area contributed by atoms with E-state index in [0.717, 1.165) is 38.3 Å². The molecule has 6 rings (SSSR count). The Labute approximate surface area is 164 Å². The van der Waals surface area contributed by atoms with Gasteiger partial charge in [0, 0.05) is 16.2 Å². The van der Waals surface area contributed by atoms with Crippen LogP contribution in [0.5, 0.6) is 0 Å². The quantitative estimate of drug-likeness (QED) is 0.321. The van der Waals surface area contributed by atoms with Crippen LogP contribution in [0.15, 0.2) is 83.3 Å². The number of benzene rings is 4. The van der Waals surface area contributed by atoms with Crippen molar-refractivity contribution < 1.29 is 8.81 Å². The van der Waals surface area contributed by atoms with E-state index in [1.807, 2.05) is 48.5 Å². The number of hydrogen-bond acceptors (Lipinski definition) is 2. The van der Waals surface area contributed by atoms with Crippen LogP contribution in [-0.4, -0.2) is 4.57 Å². The van der Waals surface area contributed by atoms with Gasteiger partial charge in [0.1, 0.15) is 17.0 Å². The number of aromatic nitrogens is 1. The van der Waals surface area contributed by atoms with Crippen molar-refractivity contribution >= 4 is 43.7 Å². The number of furan rings is 1. The fourth-order valence-electron chi connectivity index (χ4n) is 4.27. The van der Waals surface area contributed by atoms with Crippen molar-refractivity contribution in [3.8, 4) is 11.8 Å². The van der Waals surface area contributed by atoms with Crippen molar-refractivity contribution in [2.75, 3.05) is 0 Å². The van der Waals surface area contributed by atoms with Crippen LogP contribution in [0, 0.1) is 17.1 Å². The molecule has 0 saturated carbocycles. The van der Waals surface area contributed by atoms with E-state index in [4.69, 9.17) is 4.42 Å². The van der Waals surface area contributed by atoms with Gasteiger partial charge in [-0.1, -0.05) is 24.3 Å². The molecule has 2 aromatic heterocycles. The molecule has 0 saturated heterocycles. The zero-order valence-electron chi connectivity index (χ0n) is 15.2. The summed E-state index contributed by atoms with van der Waals surface area (Å²) in [5, 5.41) is 13.0. The van der Waals surface area contributed by atoms with Gasteiger partial charge in [-0.2, -0.15) is 5.26 Å². The molecule has 136 valence electrons. The van der Waals surface area contributed by atoms with Crippen LogP contribution in [-0.2, 0) is 0 Å². The minimum atomic E-state index is -0.295. The van der Waals surface area contributed by atoms with Gasteiger partial charge in [-0.25, -0.2) is 4.39 Å². The average molecular weight is 376 g/mol. The normalized spacial score (nSPS) is 11.6. The molecule has 0 N–H and O–H groups in total. The van der Waals surface area contributed by atoms with E-state index >= 15 is 0 Å². The van der Waals surface area contributed by atoms with Crippen LogP contribution >= 0.6 is 0 Å². The number of fused-ring (bicyclic) bond motifs is 6. The molecule has 0 bridgehead atoms. The predicted molar refractivity (Wildman–Crippen MR) is 113 cm³/mol. The van der Waals surface area contributed by atoms with Crippen molar-refractivity contribution in [2.45, 2.75) is 0 Å². The summed E-state index contributed by atoms with van der Waals surface area (Å²) in [6.07, 6.45) is 0. The fourth-order valence-corrected chi connectivity index (χ4v) is 4.27. The monoisotopic (exact) mass is 376 g/mol. The van der Waals surface area contributed by atoms with Crippen molar-refractivity contribution in [1.82, 2.24) is 4.57 Å². The first-order valence-electron chi connectivity index (χ1n) is 9.29. The molecule has 6 aromatic rings. The number of halogens is 1. The Hall–Kier alpha value is -4.10. The molecule has 0 aliphatic carbocycles. The van der Waals surface area contributed by atoms with Gasteiger partial charge in [0.2, 0.25) is 0 Å². The van der Waals surface area contributed by atoms with Crippen molar-refractivity contribution in [1.29, 1.82) is 5.26 Å². The minimum Gasteiger partial charge on any atom is -0.456 e. The van der Waals surface area contributed by atoms with Crippen LogP contribution in [0.3, 0.4) is 0 Å². The van der Waals surface area contributed by atoms with Crippen LogP contribution in [0.25, 0.3) is 49.4 Å². The first kappa shape index (κ1) is 15.9. The van der Waals surface area contributed by atoms with E-state index in [0.29, 0.717) is 16.7 Å². The second-order valence-corrected chi connectivity index (χ2v) is 7.09. The second-order valence-electron chi connectivity index (χ2n) is 7.09. The molecule has 4 heteroatoms. The highest BCUT2D eigenvalue weighted by molar-refractivity contribution is 6.14. The maximum atomic E-state index is 14.0. The van der Waals surface area contributed by atoms with Gasteiger partial charge >= 0.3 is 0 Å². The summed E-state index contributed by atoms with van der Waals surface area (Å²) in [6.45, 7) is 0. The third-order valence-corrected chi connectivity index (χ3v) is 5.48. The molecule has 0 aliphatic heterocycles. The van der Waals surface area contributed by atoms with E-state index in [-0.39, 0.29) is 5.82 Å². The summed E-state index contributed by atoms with van der Waals surface area (Å²) in [5.74, 6) is -0.295. The smallest absolute Gasteiger partial charge is 0.137 e. The zero-order valence-corrected chi connectivity index (χ0v) is 15.2. The van der Waals surface area contributed by atoms with E-state index in [2.05, 4.69) is 22.8 Å². The van der Waals surface area contributed by atoms with Crippen molar-refractivity contribution in [3.05, 3.63) is 90.2 Å². The topological polar surface area (TPSA) is 41.9 Å². The number of hydrogen-bond donors (Lipinski definition) is 0. The molecule has 0 radical (unpaired) electrons. The van der Waals surface area contributed by atoms with E-state index < -0.39 is 0 Å². The third kappa shape index (κ3) is 2.16. The Kier molecular flexibility index (Phi) is 3.13. The molecular weight excluding hydrogens is 363 g/mol. The molecule has 0 aliphatic rings. The Morgan fingerprint density at radius 3 is 2.52 bits per heavy atom. The summed E-state index contributed by atoms with van der Waals surface area (Å²) < 4.78 is 22.2. The lowest BCUT2D eigenvalue weighted by Crippen LogP contribution is -1.94. The van der Waals surface area contributed by atoms with Crippen LogP contribution in [0.2, 0.25) is 0 Å². The number of nitrogens with zero attached hydrogens (tertiary/aromatic N) is 2. The van der Waals surface area contributed by atoms with Gasteiger partial charge in [0.15, 0.2) is 0 Å². The van der Waals surface area contributed by atoms with Crippen LogP contribution in [0.1, 0.15) is 5.56 Å². The molecule has 2 heterocycles. The van der Waals surface area contributed by atoms with Crippen LogP contribution in [0.4, 0.5) is 4.39 Å². The Bertz CT molecular complexity index is 1630. The van der Waals surface area contributed by atoms with Crippen molar-refractivity contribution in [2.24, 2.45) is 0 Å². The molecule has 0 atom stereocenters. The molecule has 0 amide bonds. The first-order valence-corrected chi connectivity index (χ1v) is 9.29. The third-order valence-electron chi connectivity index (χ3n) is 5.48. The average Bonchev–Trinajstić information content (AvgIpc) is 3.28. The highest BCUT2D eigenvalue weighted by Gasteiger charge is 2.18. The lowest BCUT2D eigenvalue weighted by molar-refractivity contribution is 0.626. The maximum Gasteiger partial charge on any atom is 0.137 e. The Balaban J connectivity index is 1.84. The molecule has 4 aromatic carbocycles. The summed E-state index contributed by atoms with van der Waals surface area (Å²) >= 11 is 0. The van der Waals surface area contributed by atoms with Gasteiger partial charge < -0.3 is 8.98 Å². The summed E-state index contributed by atoms with van der Waals surface area (Å²) in [7, 11) is 0. The van der Waals surface area contributed by atoms with Gasteiger partial charge in [-0.3, -0.25) is 0 Å². The standard InChI is InChI=1S/C25H13FN2O/c26-16-9-11-23-19(13-16)25-22(6-3-7-24(25)29-23)28-20-5-2-1-4-17(20)18-12-15(14-27)8-10-21(18)28/h1-13H. The predicted octanol–water partition coefficient (Wildman–Crippen LogP) is 6.69. The lowest BCUT2D eigenvalue weighted by Gasteiger charge is -2.09. The maximum absolute atomic E-state index is 14.0. The van der Waals surface area contributed by atoms with E-state index in [1.165, 1.54) is 12.1 Å². The lowest BCUT2D eigenvalue weighted by atomic mass is 10.1. The second kappa shape index (κ2) is 5.70. The molecule has 0 spiro atoms. The highest BCUT2D eigenvalue weighted by atomic mass is 19.1.